The number of carbonyl (C=O) groups is 2. The Morgan fingerprint density at radius 3 is 2.23 bits per heavy atom. The molecule has 160 valence electrons. The Kier molecular flexibility index (Phi) is 7.55. The molecule has 0 aliphatic heterocycles. The average Bonchev–Trinajstić information content (AvgIpc) is 2.78. The Hall–Kier alpha value is -3.47. The van der Waals surface area contributed by atoms with Gasteiger partial charge in [0, 0.05) is 20.0 Å². The maximum absolute atomic E-state index is 13.4. The third kappa shape index (κ3) is 6.25. The summed E-state index contributed by atoms with van der Waals surface area (Å²) in [5.41, 5.74) is 3.72. The van der Waals surface area contributed by atoms with E-state index in [1.165, 1.54) is 12.1 Å². The first-order valence-electron chi connectivity index (χ1n) is 10.3. The maximum atomic E-state index is 13.4. The number of benzene rings is 3. The summed E-state index contributed by atoms with van der Waals surface area (Å²) in [6.07, 6.45) is 0.496. The zero-order valence-electron chi connectivity index (χ0n) is 17.8. The molecule has 0 spiro atoms. The summed E-state index contributed by atoms with van der Waals surface area (Å²) in [7, 11) is 1.58. The second kappa shape index (κ2) is 10.5. The van der Waals surface area contributed by atoms with E-state index in [2.05, 4.69) is 5.32 Å². The van der Waals surface area contributed by atoms with Crippen LogP contribution in [0, 0.1) is 12.7 Å². The monoisotopic (exact) mass is 418 g/mol. The highest BCUT2D eigenvalue weighted by molar-refractivity contribution is 5.88. The molecule has 5 heteroatoms. The number of halogens is 1. The number of carbonyl (C=O) groups excluding carboxylic acids is 2. The van der Waals surface area contributed by atoms with Gasteiger partial charge >= 0.3 is 0 Å². The smallest absolute Gasteiger partial charge is 0.242 e. The van der Waals surface area contributed by atoms with Gasteiger partial charge in [0.2, 0.25) is 11.8 Å². The molecule has 0 saturated carbocycles. The summed E-state index contributed by atoms with van der Waals surface area (Å²) < 4.78 is 13.3. The number of likely N-dealkylation sites (N-methyl/N-ethyl adjacent to an activating group) is 1. The molecule has 0 aromatic heterocycles. The van der Waals surface area contributed by atoms with Gasteiger partial charge in [0.25, 0.3) is 0 Å². The van der Waals surface area contributed by atoms with Crippen LogP contribution in [0.4, 0.5) is 4.39 Å². The van der Waals surface area contributed by atoms with Crippen molar-refractivity contribution in [2.45, 2.75) is 32.4 Å². The number of nitrogens with one attached hydrogen (secondary N) is 1. The zero-order valence-corrected chi connectivity index (χ0v) is 17.8. The number of hydrogen-bond donors (Lipinski definition) is 1. The van der Waals surface area contributed by atoms with Crippen LogP contribution in [0.3, 0.4) is 0 Å². The van der Waals surface area contributed by atoms with Gasteiger partial charge in [-0.2, -0.15) is 0 Å². The van der Waals surface area contributed by atoms with Crippen molar-refractivity contribution >= 4 is 11.8 Å². The van der Waals surface area contributed by atoms with Crippen LogP contribution in [-0.4, -0.2) is 29.8 Å². The fourth-order valence-corrected chi connectivity index (χ4v) is 3.61. The first-order chi connectivity index (χ1) is 15.0. The van der Waals surface area contributed by atoms with Crippen LogP contribution in [0.25, 0.3) is 0 Å². The second-order valence-electron chi connectivity index (χ2n) is 7.63. The van der Waals surface area contributed by atoms with Crippen LogP contribution in [0.1, 0.15) is 22.3 Å². The lowest BCUT2D eigenvalue weighted by atomic mass is 10.0. The van der Waals surface area contributed by atoms with Crippen molar-refractivity contribution in [1.82, 2.24) is 10.2 Å². The van der Waals surface area contributed by atoms with Gasteiger partial charge in [-0.25, -0.2) is 4.39 Å². The molecule has 1 N–H and O–H groups in total. The lowest BCUT2D eigenvalue weighted by Gasteiger charge is -2.31. The molecule has 0 unspecified atom stereocenters. The molecule has 3 aromatic rings. The third-order valence-electron chi connectivity index (χ3n) is 5.22. The molecule has 0 aliphatic carbocycles. The number of nitrogens with zero attached hydrogens (tertiary/aromatic N) is 1. The van der Waals surface area contributed by atoms with E-state index in [9.17, 15) is 14.0 Å². The quantitative estimate of drug-likeness (QED) is 0.600. The van der Waals surface area contributed by atoms with E-state index in [0.717, 1.165) is 16.7 Å². The lowest BCUT2D eigenvalue weighted by molar-refractivity contribution is -0.140. The largest absolute Gasteiger partial charge is 0.357 e. The Bertz CT molecular complexity index is 1020. The van der Waals surface area contributed by atoms with Gasteiger partial charge < -0.3 is 10.2 Å². The van der Waals surface area contributed by atoms with Crippen LogP contribution in [0.5, 0.6) is 0 Å². The lowest BCUT2D eigenvalue weighted by Crippen LogP contribution is -2.50. The van der Waals surface area contributed by atoms with Crippen molar-refractivity contribution in [1.29, 1.82) is 0 Å². The molecule has 4 nitrogen and oxygen atoms in total. The highest BCUT2D eigenvalue weighted by Gasteiger charge is 2.29. The van der Waals surface area contributed by atoms with Crippen molar-refractivity contribution in [2.75, 3.05) is 7.05 Å². The van der Waals surface area contributed by atoms with E-state index in [-0.39, 0.29) is 24.1 Å². The van der Waals surface area contributed by atoms with Crippen molar-refractivity contribution in [3.8, 4) is 0 Å². The molecule has 0 radical (unpaired) electrons. The fraction of sp³-hybridized carbons (Fsp3) is 0.231. The Morgan fingerprint density at radius 1 is 0.903 bits per heavy atom. The van der Waals surface area contributed by atoms with Crippen LogP contribution in [-0.2, 0) is 29.0 Å². The molecule has 1 atom stereocenters. The predicted octanol–water partition coefficient (Wildman–Crippen LogP) is 4.06. The van der Waals surface area contributed by atoms with E-state index in [0.29, 0.717) is 18.5 Å². The zero-order chi connectivity index (χ0) is 22.2. The van der Waals surface area contributed by atoms with Gasteiger partial charge in [0.15, 0.2) is 0 Å². The molecule has 3 aromatic carbocycles. The Morgan fingerprint density at radius 2 is 1.58 bits per heavy atom. The molecular formula is C26H27FN2O2. The van der Waals surface area contributed by atoms with Gasteiger partial charge in [-0.3, -0.25) is 9.59 Å². The third-order valence-corrected chi connectivity index (χ3v) is 5.22. The number of amides is 2. The highest BCUT2D eigenvalue weighted by atomic mass is 19.1. The molecule has 2 amide bonds. The normalized spacial score (nSPS) is 11.6. The Labute approximate surface area is 182 Å². The summed E-state index contributed by atoms with van der Waals surface area (Å²) >= 11 is 0. The summed E-state index contributed by atoms with van der Waals surface area (Å²) in [4.78, 5) is 27.9. The van der Waals surface area contributed by atoms with E-state index >= 15 is 0 Å². The molecule has 0 aliphatic rings. The predicted molar refractivity (Wildman–Crippen MR) is 120 cm³/mol. The number of aryl methyl sites for hydroxylation is 1. The minimum Gasteiger partial charge on any atom is -0.357 e. The molecule has 3 rings (SSSR count). The average molecular weight is 419 g/mol. The minimum absolute atomic E-state index is 0.0916. The number of rotatable bonds is 8. The van der Waals surface area contributed by atoms with Crippen LogP contribution in [0.15, 0.2) is 78.9 Å². The van der Waals surface area contributed by atoms with Crippen molar-refractivity contribution in [3.63, 3.8) is 0 Å². The molecule has 31 heavy (non-hydrogen) atoms. The van der Waals surface area contributed by atoms with E-state index < -0.39 is 6.04 Å². The van der Waals surface area contributed by atoms with Gasteiger partial charge in [0.05, 0.1) is 6.42 Å². The molecule has 0 bridgehead atoms. The molecule has 0 saturated heterocycles. The molecular weight excluding hydrogens is 391 g/mol. The minimum atomic E-state index is -0.666. The first-order valence-corrected chi connectivity index (χ1v) is 10.3. The van der Waals surface area contributed by atoms with Gasteiger partial charge in [-0.1, -0.05) is 72.3 Å². The first kappa shape index (κ1) is 22.2. The number of hydrogen-bond acceptors (Lipinski definition) is 2. The topological polar surface area (TPSA) is 49.4 Å². The fourth-order valence-electron chi connectivity index (χ4n) is 3.61. The van der Waals surface area contributed by atoms with Crippen LogP contribution < -0.4 is 5.32 Å². The highest BCUT2D eigenvalue weighted by Crippen LogP contribution is 2.17. The van der Waals surface area contributed by atoms with Gasteiger partial charge in [-0.15, -0.1) is 0 Å². The van der Waals surface area contributed by atoms with E-state index in [1.54, 1.807) is 24.1 Å². The molecule has 0 fully saturated rings. The maximum Gasteiger partial charge on any atom is 0.242 e. The SMILES string of the molecule is CNC(=O)[C@@H](Cc1ccccc1)N(Cc1cccc(C)c1)C(=O)Cc1ccc(F)cc1. The van der Waals surface area contributed by atoms with Crippen molar-refractivity contribution < 1.29 is 14.0 Å². The van der Waals surface area contributed by atoms with Gasteiger partial charge in [0.1, 0.15) is 11.9 Å². The summed E-state index contributed by atoms with van der Waals surface area (Å²) in [5, 5.41) is 2.71. The van der Waals surface area contributed by atoms with E-state index in [4.69, 9.17) is 0 Å². The van der Waals surface area contributed by atoms with Crippen molar-refractivity contribution in [3.05, 3.63) is 107 Å². The van der Waals surface area contributed by atoms with Crippen molar-refractivity contribution in [2.24, 2.45) is 0 Å². The summed E-state index contributed by atoms with van der Waals surface area (Å²) in [5.74, 6) is -0.748. The standard InChI is InChI=1S/C26H27FN2O2/c1-19-7-6-10-22(15-19)18-29(25(30)17-21-11-13-23(27)14-12-21)24(26(31)28-2)16-20-8-4-3-5-9-20/h3-15,24H,16-18H2,1-2H3,(H,28,31)/t24-/m1/s1. The summed E-state index contributed by atoms with van der Waals surface area (Å²) in [6.45, 7) is 2.31. The van der Waals surface area contributed by atoms with E-state index in [1.807, 2.05) is 61.5 Å². The Balaban J connectivity index is 1.93. The van der Waals surface area contributed by atoms with Crippen LogP contribution >= 0.6 is 0 Å². The van der Waals surface area contributed by atoms with Gasteiger partial charge in [-0.05, 0) is 35.7 Å². The molecule has 0 heterocycles. The summed E-state index contributed by atoms with van der Waals surface area (Å²) in [6, 6.07) is 22.8. The van der Waals surface area contributed by atoms with Crippen LogP contribution in [0.2, 0.25) is 0 Å². The second-order valence-corrected chi connectivity index (χ2v) is 7.63.